The minimum atomic E-state index is -0.172. The highest BCUT2D eigenvalue weighted by molar-refractivity contribution is 7.80. The minimum absolute atomic E-state index is 0.172. The van der Waals surface area contributed by atoms with Crippen LogP contribution >= 0.6 is 12.2 Å². The van der Waals surface area contributed by atoms with Crippen LogP contribution in [-0.2, 0) is 4.79 Å². The van der Waals surface area contributed by atoms with Crippen LogP contribution in [0.5, 0.6) is 0 Å². The standard InChI is InChI=1S/C16H13N3OS/c1-11-6-5-7-12(17-11)10-14-15(20)19(16(21)18-14)13-8-3-2-4-9-13/h2-10H,1H3,(H,18,21)/b14-10-. The van der Waals surface area contributed by atoms with Crippen molar-refractivity contribution < 1.29 is 4.79 Å². The van der Waals surface area contributed by atoms with E-state index in [-0.39, 0.29) is 5.91 Å². The van der Waals surface area contributed by atoms with Gasteiger partial charge in [-0.2, -0.15) is 0 Å². The molecule has 0 atom stereocenters. The van der Waals surface area contributed by atoms with Crippen molar-refractivity contribution in [1.29, 1.82) is 0 Å². The van der Waals surface area contributed by atoms with Gasteiger partial charge in [-0.3, -0.25) is 14.7 Å². The number of para-hydroxylation sites is 1. The molecule has 5 heteroatoms. The number of amides is 1. The number of hydrogen-bond acceptors (Lipinski definition) is 3. The summed E-state index contributed by atoms with van der Waals surface area (Å²) >= 11 is 5.25. The monoisotopic (exact) mass is 295 g/mol. The first-order valence-corrected chi connectivity index (χ1v) is 6.92. The number of pyridine rings is 1. The normalized spacial score (nSPS) is 16.4. The van der Waals surface area contributed by atoms with E-state index in [2.05, 4.69) is 10.3 Å². The Morgan fingerprint density at radius 2 is 1.90 bits per heavy atom. The molecule has 21 heavy (non-hydrogen) atoms. The fourth-order valence-corrected chi connectivity index (χ4v) is 2.44. The molecule has 1 N–H and O–H groups in total. The van der Waals surface area contributed by atoms with Gasteiger partial charge in [0.1, 0.15) is 5.70 Å². The van der Waals surface area contributed by atoms with Crippen molar-refractivity contribution in [2.75, 3.05) is 4.90 Å². The molecule has 3 rings (SSSR count). The summed E-state index contributed by atoms with van der Waals surface area (Å²) in [6.07, 6.45) is 1.71. The zero-order valence-electron chi connectivity index (χ0n) is 11.4. The average Bonchev–Trinajstić information content (AvgIpc) is 2.74. The van der Waals surface area contributed by atoms with E-state index in [1.165, 1.54) is 4.90 Å². The third-order valence-electron chi connectivity index (χ3n) is 3.09. The molecule has 1 amide bonds. The number of thiocarbonyl (C=S) groups is 1. The number of carbonyl (C=O) groups is 1. The fourth-order valence-electron chi connectivity index (χ4n) is 2.14. The highest BCUT2D eigenvalue weighted by Gasteiger charge is 2.31. The lowest BCUT2D eigenvalue weighted by Gasteiger charge is -2.13. The number of hydrogen-bond donors (Lipinski definition) is 1. The Morgan fingerprint density at radius 1 is 1.14 bits per heavy atom. The second-order valence-electron chi connectivity index (χ2n) is 4.67. The van der Waals surface area contributed by atoms with Crippen molar-refractivity contribution in [2.24, 2.45) is 0 Å². The van der Waals surface area contributed by atoms with Crippen molar-refractivity contribution in [2.45, 2.75) is 6.92 Å². The zero-order chi connectivity index (χ0) is 14.8. The van der Waals surface area contributed by atoms with Crippen LogP contribution in [0.4, 0.5) is 5.69 Å². The molecule has 1 aliphatic heterocycles. The summed E-state index contributed by atoms with van der Waals surface area (Å²) in [7, 11) is 0. The van der Waals surface area contributed by atoms with Gasteiger partial charge < -0.3 is 5.32 Å². The quantitative estimate of drug-likeness (QED) is 0.683. The van der Waals surface area contributed by atoms with E-state index in [4.69, 9.17) is 12.2 Å². The molecule has 1 fully saturated rings. The highest BCUT2D eigenvalue weighted by atomic mass is 32.1. The van der Waals surface area contributed by atoms with E-state index in [0.29, 0.717) is 10.8 Å². The topological polar surface area (TPSA) is 45.2 Å². The third-order valence-corrected chi connectivity index (χ3v) is 3.38. The predicted octanol–water partition coefficient (Wildman–Crippen LogP) is 2.65. The summed E-state index contributed by atoms with van der Waals surface area (Å²) in [5, 5.41) is 3.33. The van der Waals surface area contributed by atoms with Crippen LogP contribution in [0, 0.1) is 6.92 Å². The lowest BCUT2D eigenvalue weighted by atomic mass is 10.2. The van der Waals surface area contributed by atoms with E-state index in [0.717, 1.165) is 17.1 Å². The van der Waals surface area contributed by atoms with Crippen molar-refractivity contribution in [3.05, 3.63) is 65.6 Å². The Bertz CT molecular complexity index is 740. The minimum Gasteiger partial charge on any atom is -0.327 e. The smallest absolute Gasteiger partial charge is 0.281 e. The maximum Gasteiger partial charge on any atom is 0.281 e. The van der Waals surface area contributed by atoms with Crippen LogP contribution in [0.25, 0.3) is 6.08 Å². The van der Waals surface area contributed by atoms with Gasteiger partial charge in [-0.1, -0.05) is 24.3 Å². The molecule has 0 spiro atoms. The molecule has 1 aliphatic rings. The summed E-state index contributed by atoms with van der Waals surface area (Å²) in [5.74, 6) is -0.172. The summed E-state index contributed by atoms with van der Waals surface area (Å²) in [6, 6.07) is 15.0. The number of nitrogens with one attached hydrogen (secondary N) is 1. The Hall–Kier alpha value is -2.53. The van der Waals surface area contributed by atoms with Gasteiger partial charge in [0, 0.05) is 5.69 Å². The van der Waals surface area contributed by atoms with Crippen LogP contribution in [0.3, 0.4) is 0 Å². The first kappa shape index (κ1) is 13.5. The van der Waals surface area contributed by atoms with E-state index in [1.807, 2.05) is 55.5 Å². The summed E-state index contributed by atoms with van der Waals surface area (Å²) < 4.78 is 0. The second-order valence-corrected chi connectivity index (χ2v) is 5.05. The number of carbonyl (C=O) groups excluding carboxylic acids is 1. The molecule has 2 heterocycles. The SMILES string of the molecule is Cc1cccc(/C=C2\NC(=S)N(c3ccccc3)C2=O)n1. The molecule has 2 aromatic rings. The number of aryl methyl sites for hydroxylation is 1. The van der Waals surface area contributed by atoms with Crippen molar-refractivity contribution in [3.63, 3.8) is 0 Å². The molecule has 0 bridgehead atoms. The molecule has 1 aromatic carbocycles. The maximum absolute atomic E-state index is 12.5. The molecule has 0 saturated carbocycles. The summed E-state index contributed by atoms with van der Waals surface area (Å²) in [4.78, 5) is 18.3. The van der Waals surface area contributed by atoms with Gasteiger partial charge in [0.15, 0.2) is 5.11 Å². The molecule has 0 aliphatic carbocycles. The van der Waals surface area contributed by atoms with Gasteiger partial charge in [0.05, 0.1) is 11.4 Å². The van der Waals surface area contributed by atoms with Crippen LogP contribution in [0.15, 0.2) is 54.2 Å². The zero-order valence-corrected chi connectivity index (χ0v) is 12.2. The fraction of sp³-hybridized carbons (Fsp3) is 0.0625. The van der Waals surface area contributed by atoms with Crippen molar-refractivity contribution >= 4 is 35.0 Å². The summed E-state index contributed by atoms with van der Waals surface area (Å²) in [6.45, 7) is 1.91. The van der Waals surface area contributed by atoms with Crippen LogP contribution in [-0.4, -0.2) is 16.0 Å². The van der Waals surface area contributed by atoms with Gasteiger partial charge in [0.25, 0.3) is 5.91 Å². The van der Waals surface area contributed by atoms with Crippen molar-refractivity contribution in [1.82, 2.24) is 10.3 Å². The number of anilines is 1. The van der Waals surface area contributed by atoms with Gasteiger partial charge in [-0.05, 0) is 49.5 Å². The largest absolute Gasteiger partial charge is 0.327 e. The van der Waals surface area contributed by atoms with Gasteiger partial charge in [0.2, 0.25) is 0 Å². The van der Waals surface area contributed by atoms with Gasteiger partial charge >= 0.3 is 0 Å². The Kier molecular flexibility index (Phi) is 3.50. The molecule has 4 nitrogen and oxygen atoms in total. The maximum atomic E-state index is 12.5. The van der Waals surface area contributed by atoms with Gasteiger partial charge in [-0.15, -0.1) is 0 Å². The van der Waals surface area contributed by atoms with E-state index in [9.17, 15) is 4.79 Å². The van der Waals surface area contributed by atoms with Crippen LogP contribution in [0.2, 0.25) is 0 Å². The first-order chi connectivity index (χ1) is 10.1. The molecule has 1 saturated heterocycles. The number of benzene rings is 1. The summed E-state index contributed by atoms with van der Waals surface area (Å²) in [5.41, 5.74) is 2.81. The van der Waals surface area contributed by atoms with Crippen LogP contribution < -0.4 is 10.2 Å². The average molecular weight is 295 g/mol. The van der Waals surface area contributed by atoms with Crippen LogP contribution in [0.1, 0.15) is 11.4 Å². The first-order valence-electron chi connectivity index (χ1n) is 6.51. The number of nitrogens with zero attached hydrogens (tertiary/aromatic N) is 2. The van der Waals surface area contributed by atoms with Gasteiger partial charge in [-0.25, -0.2) is 0 Å². The molecular weight excluding hydrogens is 282 g/mol. The second kappa shape index (κ2) is 5.46. The van der Waals surface area contributed by atoms with Crippen molar-refractivity contribution in [3.8, 4) is 0 Å². The lowest BCUT2D eigenvalue weighted by molar-refractivity contribution is -0.113. The molecular formula is C16H13N3OS. The molecule has 0 radical (unpaired) electrons. The molecule has 0 unspecified atom stereocenters. The molecule has 104 valence electrons. The Balaban J connectivity index is 1.94. The predicted molar refractivity (Wildman–Crippen MR) is 86.6 cm³/mol. The number of rotatable bonds is 2. The highest BCUT2D eigenvalue weighted by Crippen LogP contribution is 2.21. The Morgan fingerprint density at radius 3 is 2.62 bits per heavy atom. The molecule has 1 aromatic heterocycles. The van der Waals surface area contributed by atoms with E-state index >= 15 is 0 Å². The third kappa shape index (κ3) is 2.68. The number of aromatic nitrogens is 1. The lowest BCUT2D eigenvalue weighted by Crippen LogP contribution is -2.30. The Labute approximate surface area is 128 Å². The van der Waals surface area contributed by atoms with E-state index in [1.54, 1.807) is 6.08 Å². The van der Waals surface area contributed by atoms with E-state index < -0.39 is 0 Å².